The molecule has 1 N–H and O–H groups in total. The largest absolute Gasteiger partial charge is 0.497 e. The van der Waals surface area contributed by atoms with Crippen molar-refractivity contribution in [3.63, 3.8) is 0 Å². The number of hydrogen-bond donors (Lipinski definition) is 1. The number of amides is 2. The summed E-state index contributed by atoms with van der Waals surface area (Å²) in [5.41, 5.74) is 3.45. The van der Waals surface area contributed by atoms with Crippen LogP contribution in [0.1, 0.15) is 23.6 Å². The molecule has 3 aromatic carbocycles. The van der Waals surface area contributed by atoms with E-state index < -0.39 is 6.10 Å². The molecule has 6 heteroatoms. The highest BCUT2D eigenvalue weighted by molar-refractivity contribution is 5.92. The first-order valence-electron chi connectivity index (χ1n) is 10.6. The Hall–Kier alpha value is -3.80. The Labute approximate surface area is 187 Å². The maximum absolute atomic E-state index is 12.9. The maximum Gasteiger partial charge on any atom is 0.263 e. The first-order valence-corrected chi connectivity index (χ1v) is 10.6. The molecule has 1 heterocycles. The lowest BCUT2D eigenvalue weighted by molar-refractivity contribution is -0.138. The molecule has 1 aliphatic rings. The van der Waals surface area contributed by atoms with E-state index in [4.69, 9.17) is 9.47 Å². The van der Waals surface area contributed by atoms with E-state index in [9.17, 15) is 9.59 Å². The summed E-state index contributed by atoms with van der Waals surface area (Å²) in [6.07, 6.45) is -0.339. The van der Waals surface area contributed by atoms with Gasteiger partial charge in [0.2, 0.25) is 5.91 Å². The Morgan fingerprint density at radius 3 is 2.62 bits per heavy atom. The van der Waals surface area contributed by atoms with Gasteiger partial charge in [-0.25, -0.2) is 0 Å². The van der Waals surface area contributed by atoms with Crippen LogP contribution < -0.4 is 14.8 Å². The van der Waals surface area contributed by atoms with Gasteiger partial charge in [0.1, 0.15) is 11.5 Å². The molecule has 1 atom stereocenters. The molecule has 164 valence electrons. The fourth-order valence-electron chi connectivity index (χ4n) is 3.79. The summed E-state index contributed by atoms with van der Waals surface area (Å²) in [4.78, 5) is 27.2. The third-order valence-electron chi connectivity index (χ3n) is 5.38. The van der Waals surface area contributed by atoms with Crippen molar-refractivity contribution in [2.75, 3.05) is 12.4 Å². The van der Waals surface area contributed by atoms with E-state index >= 15 is 0 Å². The highest BCUT2D eigenvalue weighted by Crippen LogP contribution is 2.29. The Bertz CT molecular complexity index is 1110. The number of benzene rings is 3. The van der Waals surface area contributed by atoms with Crippen LogP contribution in [0.4, 0.5) is 5.69 Å². The van der Waals surface area contributed by atoms with Crippen LogP contribution in [0.5, 0.6) is 11.5 Å². The summed E-state index contributed by atoms with van der Waals surface area (Å²) in [5.74, 6) is 1.19. The van der Waals surface area contributed by atoms with E-state index in [0.29, 0.717) is 24.5 Å². The van der Waals surface area contributed by atoms with Crippen molar-refractivity contribution in [3.8, 4) is 11.5 Å². The highest BCUT2D eigenvalue weighted by Gasteiger charge is 2.28. The Morgan fingerprint density at radius 1 is 1.06 bits per heavy atom. The number of nitrogens with one attached hydrogen (secondary N) is 1. The molecule has 6 nitrogen and oxygen atoms in total. The van der Waals surface area contributed by atoms with Gasteiger partial charge in [0.25, 0.3) is 5.91 Å². The van der Waals surface area contributed by atoms with Crippen molar-refractivity contribution in [1.82, 2.24) is 4.90 Å². The number of nitrogens with zero attached hydrogens (tertiary/aromatic N) is 1. The minimum absolute atomic E-state index is 0.0614. The van der Waals surface area contributed by atoms with Crippen LogP contribution in [0, 0.1) is 0 Å². The molecule has 0 fully saturated rings. The van der Waals surface area contributed by atoms with Gasteiger partial charge < -0.3 is 19.7 Å². The SMILES string of the molecule is COc1cccc(CC(=O)Nc2ccc3c(c2)CN(Cc2ccccc2)C(=O)[C@H](C)O3)c1. The van der Waals surface area contributed by atoms with Gasteiger partial charge in [0.15, 0.2) is 6.10 Å². The van der Waals surface area contributed by atoms with Crippen LogP contribution >= 0.6 is 0 Å². The molecular formula is C26H26N2O4. The van der Waals surface area contributed by atoms with Crippen molar-refractivity contribution in [2.24, 2.45) is 0 Å². The molecule has 0 radical (unpaired) electrons. The lowest BCUT2D eigenvalue weighted by Crippen LogP contribution is -2.37. The van der Waals surface area contributed by atoms with Crippen LogP contribution in [0.15, 0.2) is 72.8 Å². The summed E-state index contributed by atoms with van der Waals surface area (Å²) in [6, 6.07) is 22.8. The molecule has 0 unspecified atom stereocenters. The summed E-state index contributed by atoms with van der Waals surface area (Å²) in [7, 11) is 1.60. The standard InChI is InChI=1S/C26H26N2O4/c1-18-26(30)28(16-19-7-4-3-5-8-19)17-21-15-22(11-12-24(21)32-18)27-25(29)14-20-9-6-10-23(13-20)31-2/h3-13,15,18H,14,16-17H2,1-2H3,(H,27,29)/t18-/m0/s1. The van der Waals surface area contributed by atoms with Crippen molar-refractivity contribution in [1.29, 1.82) is 0 Å². The molecular weight excluding hydrogens is 404 g/mol. The van der Waals surface area contributed by atoms with Crippen LogP contribution in [0.3, 0.4) is 0 Å². The summed E-state index contributed by atoms with van der Waals surface area (Å²) >= 11 is 0. The molecule has 0 bridgehead atoms. The van der Waals surface area contributed by atoms with Crippen LogP contribution in [-0.4, -0.2) is 29.9 Å². The molecule has 0 aromatic heterocycles. The lowest BCUT2D eigenvalue weighted by Gasteiger charge is -2.22. The van der Waals surface area contributed by atoms with E-state index in [1.807, 2.05) is 66.7 Å². The normalized spacial score (nSPS) is 15.4. The molecule has 0 aliphatic carbocycles. The van der Waals surface area contributed by atoms with Gasteiger partial charge in [-0.15, -0.1) is 0 Å². The van der Waals surface area contributed by atoms with Gasteiger partial charge in [0, 0.05) is 24.3 Å². The van der Waals surface area contributed by atoms with Gasteiger partial charge in [-0.05, 0) is 48.4 Å². The molecule has 0 spiro atoms. The number of ether oxygens (including phenoxy) is 2. The number of carbonyl (C=O) groups excluding carboxylic acids is 2. The quantitative estimate of drug-likeness (QED) is 0.637. The van der Waals surface area contributed by atoms with E-state index in [1.165, 1.54) is 0 Å². The number of methoxy groups -OCH3 is 1. The van der Waals surface area contributed by atoms with E-state index in [1.54, 1.807) is 25.0 Å². The van der Waals surface area contributed by atoms with Gasteiger partial charge in [0.05, 0.1) is 13.5 Å². The number of fused-ring (bicyclic) bond motifs is 1. The van der Waals surface area contributed by atoms with Crippen LogP contribution in [0.2, 0.25) is 0 Å². The minimum atomic E-state index is -0.575. The number of hydrogen-bond acceptors (Lipinski definition) is 4. The molecule has 32 heavy (non-hydrogen) atoms. The summed E-state index contributed by atoms with van der Waals surface area (Å²) in [6.45, 7) is 2.67. The maximum atomic E-state index is 12.9. The molecule has 3 aromatic rings. The topological polar surface area (TPSA) is 67.9 Å². The zero-order valence-electron chi connectivity index (χ0n) is 18.2. The third kappa shape index (κ3) is 5.09. The third-order valence-corrected chi connectivity index (χ3v) is 5.38. The Morgan fingerprint density at radius 2 is 1.84 bits per heavy atom. The number of anilines is 1. The van der Waals surface area contributed by atoms with E-state index in [0.717, 1.165) is 22.4 Å². The van der Waals surface area contributed by atoms with Crippen molar-refractivity contribution < 1.29 is 19.1 Å². The fraction of sp³-hybridized carbons (Fsp3) is 0.231. The predicted octanol–water partition coefficient (Wildman–Crippen LogP) is 4.19. The first kappa shape index (κ1) is 21.4. The van der Waals surface area contributed by atoms with Crippen molar-refractivity contribution in [3.05, 3.63) is 89.5 Å². The summed E-state index contributed by atoms with van der Waals surface area (Å²) < 4.78 is 11.1. The second kappa shape index (κ2) is 9.56. The first-order chi connectivity index (χ1) is 15.5. The average molecular weight is 431 g/mol. The highest BCUT2D eigenvalue weighted by atomic mass is 16.5. The van der Waals surface area contributed by atoms with Gasteiger partial charge >= 0.3 is 0 Å². The van der Waals surface area contributed by atoms with Crippen LogP contribution in [-0.2, 0) is 29.1 Å². The second-order valence-corrected chi connectivity index (χ2v) is 7.84. The fourth-order valence-corrected chi connectivity index (χ4v) is 3.79. The molecule has 0 saturated carbocycles. The van der Waals surface area contributed by atoms with E-state index in [2.05, 4.69) is 5.32 Å². The summed E-state index contributed by atoms with van der Waals surface area (Å²) in [5, 5.41) is 2.95. The van der Waals surface area contributed by atoms with Gasteiger partial charge in [-0.3, -0.25) is 9.59 Å². The zero-order chi connectivity index (χ0) is 22.5. The predicted molar refractivity (Wildman–Crippen MR) is 123 cm³/mol. The van der Waals surface area contributed by atoms with Crippen molar-refractivity contribution >= 4 is 17.5 Å². The minimum Gasteiger partial charge on any atom is -0.497 e. The second-order valence-electron chi connectivity index (χ2n) is 7.84. The number of rotatable bonds is 6. The Kier molecular flexibility index (Phi) is 6.40. The molecule has 4 rings (SSSR count). The molecule has 2 amide bonds. The molecule has 1 aliphatic heterocycles. The van der Waals surface area contributed by atoms with Crippen LogP contribution in [0.25, 0.3) is 0 Å². The number of carbonyl (C=O) groups is 2. The smallest absolute Gasteiger partial charge is 0.263 e. The Balaban J connectivity index is 1.49. The van der Waals surface area contributed by atoms with Gasteiger partial charge in [-0.1, -0.05) is 42.5 Å². The monoisotopic (exact) mass is 430 g/mol. The van der Waals surface area contributed by atoms with Crippen molar-refractivity contribution in [2.45, 2.75) is 32.5 Å². The average Bonchev–Trinajstić information content (AvgIpc) is 2.91. The molecule has 0 saturated heterocycles. The zero-order valence-corrected chi connectivity index (χ0v) is 18.2. The lowest BCUT2D eigenvalue weighted by atomic mass is 10.1. The van der Waals surface area contributed by atoms with E-state index in [-0.39, 0.29) is 18.2 Å². The van der Waals surface area contributed by atoms with Gasteiger partial charge in [-0.2, -0.15) is 0 Å².